The zero-order valence-corrected chi connectivity index (χ0v) is 21.6. The summed E-state index contributed by atoms with van der Waals surface area (Å²) in [6.45, 7) is 15.2. The van der Waals surface area contributed by atoms with E-state index in [9.17, 15) is 4.79 Å². The molecule has 0 aliphatic carbocycles. The van der Waals surface area contributed by atoms with Gasteiger partial charge >= 0.3 is 0 Å². The molecule has 1 aliphatic rings. The fraction of sp³-hybridized carbons (Fsp3) is 0.500. The fourth-order valence-corrected chi connectivity index (χ4v) is 4.38. The third-order valence-electron chi connectivity index (χ3n) is 6.97. The van der Waals surface area contributed by atoms with Crippen LogP contribution in [-0.2, 0) is 9.53 Å². The minimum atomic E-state index is -0.725. The fourth-order valence-electron chi connectivity index (χ4n) is 4.38. The molecular formula is C30H40N2O2. The molecule has 4 heteroatoms. The molecule has 2 aromatic carbocycles. The summed E-state index contributed by atoms with van der Waals surface area (Å²) < 4.78 is 5.95. The number of hydrogen-bond donors (Lipinski definition) is 1. The molecule has 1 amide bonds. The third kappa shape index (κ3) is 6.50. The largest absolute Gasteiger partial charge is 0.374 e. The predicted octanol–water partition coefficient (Wildman–Crippen LogP) is 5.60. The lowest BCUT2D eigenvalue weighted by atomic mass is 9.89. The number of benzene rings is 2. The van der Waals surface area contributed by atoms with E-state index in [0.717, 1.165) is 0 Å². The number of amides is 1. The molecule has 182 valence electrons. The number of nitrogens with zero attached hydrogens (tertiary/aromatic N) is 1. The van der Waals surface area contributed by atoms with Crippen molar-refractivity contribution in [1.29, 1.82) is 0 Å². The van der Waals surface area contributed by atoms with Gasteiger partial charge in [0.1, 0.15) is 5.41 Å². The van der Waals surface area contributed by atoms with Gasteiger partial charge in [0.2, 0.25) is 5.91 Å². The average Bonchev–Trinajstić information content (AvgIpc) is 2.84. The highest BCUT2D eigenvalue weighted by atomic mass is 16.5. The molecule has 4 nitrogen and oxygen atoms in total. The third-order valence-corrected chi connectivity index (χ3v) is 6.97. The average molecular weight is 461 g/mol. The van der Waals surface area contributed by atoms with Crippen LogP contribution in [0.4, 0.5) is 0 Å². The Morgan fingerprint density at radius 1 is 1.18 bits per heavy atom. The zero-order chi connectivity index (χ0) is 24.7. The second kappa shape index (κ2) is 11.7. The molecule has 3 atom stereocenters. The number of morpholine rings is 1. The first-order valence-corrected chi connectivity index (χ1v) is 12.5. The van der Waals surface area contributed by atoms with Crippen molar-refractivity contribution in [1.82, 2.24) is 10.2 Å². The van der Waals surface area contributed by atoms with E-state index in [0.29, 0.717) is 38.1 Å². The van der Waals surface area contributed by atoms with Gasteiger partial charge in [-0.3, -0.25) is 4.79 Å². The maximum absolute atomic E-state index is 13.2. The Hall–Kier alpha value is -2.61. The van der Waals surface area contributed by atoms with Gasteiger partial charge in [-0.05, 0) is 55.0 Å². The molecule has 0 spiro atoms. The number of allylic oxidation sites excluding steroid dienone is 1. The van der Waals surface area contributed by atoms with E-state index in [1.54, 1.807) is 0 Å². The second-order valence-corrected chi connectivity index (χ2v) is 10.3. The predicted molar refractivity (Wildman–Crippen MR) is 141 cm³/mol. The summed E-state index contributed by atoms with van der Waals surface area (Å²) in [5.41, 5.74) is 0.566. The number of carbonyl (C=O) groups is 1. The van der Waals surface area contributed by atoms with Crippen molar-refractivity contribution in [3.05, 3.63) is 60.2 Å². The summed E-state index contributed by atoms with van der Waals surface area (Å²) >= 11 is 0. The minimum Gasteiger partial charge on any atom is -0.374 e. The van der Waals surface area contributed by atoms with E-state index in [4.69, 9.17) is 4.74 Å². The van der Waals surface area contributed by atoms with Gasteiger partial charge in [0, 0.05) is 25.7 Å². The number of hydrogen-bond acceptors (Lipinski definition) is 3. The molecule has 1 aliphatic heterocycles. The Labute approximate surface area is 205 Å². The van der Waals surface area contributed by atoms with Crippen LogP contribution in [0.25, 0.3) is 10.8 Å². The van der Waals surface area contributed by atoms with Gasteiger partial charge in [0.15, 0.2) is 0 Å². The Morgan fingerprint density at radius 2 is 1.91 bits per heavy atom. The van der Waals surface area contributed by atoms with E-state index in [-0.39, 0.29) is 18.1 Å². The molecular weight excluding hydrogens is 420 g/mol. The topological polar surface area (TPSA) is 41.6 Å². The van der Waals surface area contributed by atoms with Crippen molar-refractivity contribution in [2.45, 2.75) is 53.7 Å². The summed E-state index contributed by atoms with van der Waals surface area (Å²) in [5.74, 6) is 7.28. The smallest absolute Gasteiger partial charge is 0.240 e. The Balaban J connectivity index is 1.53. The quantitative estimate of drug-likeness (QED) is 0.547. The van der Waals surface area contributed by atoms with Gasteiger partial charge in [-0.1, -0.05) is 81.2 Å². The van der Waals surface area contributed by atoms with Gasteiger partial charge in [-0.2, -0.15) is 0 Å². The van der Waals surface area contributed by atoms with Crippen molar-refractivity contribution in [2.75, 3.05) is 26.2 Å². The molecule has 34 heavy (non-hydrogen) atoms. The first-order valence-electron chi connectivity index (χ1n) is 12.5. The van der Waals surface area contributed by atoms with Gasteiger partial charge in [-0.15, -0.1) is 0 Å². The molecule has 2 unspecified atom stereocenters. The van der Waals surface area contributed by atoms with Gasteiger partial charge in [0.25, 0.3) is 0 Å². The first kappa shape index (κ1) is 26.0. The first-order chi connectivity index (χ1) is 16.2. The van der Waals surface area contributed by atoms with Crippen LogP contribution in [0.2, 0.25) is 0 Å². The van der Waals surface area contributed by atoms with E-state index < -0.39 is 5.41 Å². The minimum absolute atomic E-state index is 0.0837. The van der Waals surface area contributed by atoms with Crippen LogP contribution in [0.1, 0.15) is 53.1 Å². The zero-order valence-electron chi connectivity index (χ0n) is 21.6. The number of fused-ring (bicyclic) bond motifs is 1. The van der Waals surface area contributed by atoms with Gasteiger partial charge in [-0.25, -0.2) is 0 Å². The van der Waals surface area contributed by atoms with E-state index in [1.807, 2.05) is 30.9 Å². The summed E-state index contributed by atoms with van der Waals surface area (Å²) in [4.78, 5) is 15.1. The lowest BCUT2D eigenvalue weighted by molar-refractivity contribution is -0.147. The summed E-state index contributed by atoms with van der Waals surface area (Å²) in [6.07, 6.45) is 3.96. The normalized spacial score (nSPS) is 18.7. The van der Waals surface area contributed by atoms with E-state index in [1.165, 1.54) is 16.3 Å². The van der Waals surface area contributed by atoms with E-state index >= 15 is 0 Å². The Kier molecular flexibility index (Phi) is 8.94. The lowest BCUT2D eigenvalue weighted by Crippen LogP contribution is -2.51. The van der Waals surface area contributed by atoms with Crippen molar-refractivity contribution < 1.29 is 9.53 Å². The molecule has 1 heterocycles. The molecule has 1 saturated heterocycles. The SMILES string of the molecule is CC(C)C(C)C1CN(C(=O)C(C)(C)C#C/C=C/CN[C@H](C)c2cccc3ccccc23)CCO1. The molecule has 0 aromatic heterocycles. The number of rotatable bonds is 7. The maximum atomic E-state index is 13.2. The van der Waals surface area contributed by atoms with Gasteiger partial charge in [0.05, 0.1) is 12.7 Å². The molecule has 2 aromatic rings. The van der Waals surface area contributed by atoms with Crippen LogP contribution in [0.5, 0.6) is 0 Å². The van der Waals surface area contributed by atoms with Crippen LogP contribution >= 0.6 is 0 Å². The molecule has 0 bridgehead atoms. The second-order valence-electron chi connectivity index (χ2n) is 10.3. The lowest BCUT2D eigenvalue weighted by Gasteiger charge is -2.39. The van der Waals surface area contributed by atoms with Crippen molar-refractivity contribution >= 4 is 16.7 Å². The number of nitrogens with one attached hydrogen (secondary N) is 1. The summed E-state index contributed by atoms with van der Waals surface area (Å²) in [5, 5.41) is 6.08. The standard InChI is InChI=1S/C30H40N2O2/c1-22(2)23(3)28-21-32(19-20-34-28)29(33)30(5,6)17-10-7-11-18-31-24(4)26-16-12-14-25-13-8-9-15-27(25)26/h7-9,11-16,22-24,28,31H,18-21H2,1-6H3/b11-7+/t23?,24-,28?/m1/s1. The van der Waals surface area contributed by atoms with Crippen LogP contribution in [0, 0.1) is 29.1 Å². The van der Waals surface area contributed by atoms with E-state index in [2.05, 4.69) is 87.3 Å². The molecule has 3 rings (SSSR count). The highest BCUT2D eigenvalue weighted by molar-refractivity contribution is 5.86. The monoisotopic (exact) mass is 460 g/mol. The van der Waals surface area contributed by atoms with Crippen molar-refractivity contribution in [3.8, 4) is 11.8 Å². The van der Waals surface area contributed by atoms with Crippen LogP contribution in [0.15, 0.2) is 54.6 Å². The van der Waals surface area contributed by atoms with Crippen molar-refractivity contribution in [2.24, 2.45) is 17.3 Å². The summed E-state index contributed by atoms with van der Waals surface area (Å²) in [6, 6.07) is 15.1. The van der Waals surface area contributed by atoms with Crippen LogP contribution in [0.3, 0.4) is 0 Å². The highest BCUT2D eigenvalue weighted by Gasteiger charge is 2.35. The van der Waals surface area contributed by atoms with Gasteiger partial charge < -0.3 is 15.0 Å². The highest BCUT2D eigenvalue weighted by Crippen LogP contribution is 2.25. The number of carbonyl (C=O) groups excluding carboxylic acids is 1. The Bertz CT molecular complexity index is 1050. The summed E-state index contributed by atoms with van der Waals surface area (Å²) in [7, 11) is 0. The number of ether oxygens (including phenoxy) is 1. The van der Waals surface area contributed by atoms with Crippen LogP contribution < -0.4 is 5.32 Å². The molecule has 0 radical (unpaired) electrons. The molecule has 0 saturated carbocycles. The van der Waals surface area contributed by atoms with Crippen molar-refractivity contribution in [3.63, 3.8) is 0 Å². The molecule has 1 fully saturated rings. The Morgan fingerprint density at radius 3 is 2.68 bits per heavy atom. The van der Waals surface area contributed by atoms with Crippen LogP contribution in [-0.4, -0.2) is 43.2 Å². The maximum Gasteiger partial charge on any atom is 0.240 e. The molecule has 1 N–H and O–H groups in total.